The molecule has 0 amide bonds. The van der Waals surface area contributed by atoms with Crippen LogP contribution in [-0.2, 0) is 11.8 Å². The first-order valence-electron chi connectivity index (χ1n) is 5.64. The first-order valence-corrected chi connectivity index (χ1v) is 5.64. The lowest BCUT2D eigenvalue weighted by Gasteiger charge is -2.28. The van der Waals surface area contributed by atoms with Crippen LogP contribution in [0.4, 0.5) is 5.95 Å². The number of carbonyl (C=O) groups is 1. The molecule has 0 atom stereocenters. The fraction of sp³-hybridized carbons (Fsp3) is 0.636. The Bertz CT molecular complexity index is 369. The minimum absolute atomic E-state index is 0.0372. The van der Waals surface area contributed by atoms with Gasteiger partial charge in [-0.25, -0.2) is 4.98 Å². The molecule has 1 aliphatic carbocycles. The Labute approximate surface area is 94.7 Å². The van der Waals surface area contributed by atoms with E-state index in [2.05, 4.69) is 4.98 Å². The summed E-state index contributed by atoms with van der Waals surface area (Å²) in [6.45, 7) is 0.0372. The molecule has 1 aromatic rings. The molecule has 0 radical (unpaired) electrons. The summed E-state index contributed by atoms with van der Waals surface area (Å²) in [4.78, 5) is 17.0. The van der Waals surface area contributed by atoms with E-state index in [1.165, 1.54) is 12.8 Å². The predicted octanol–water partition coefficient (Wildman–Crippen LogP) is 1.25. The monoisotopic (exact) mass is 223 g/mol. The van der Waals surface area contributed by atoms with Crippen LogP contribution < -0.4 is 4.90 Å². The molecule has 1 aliphatic rings. The smallest absolute Gasteiger partial charge is 0.323 e. The van der Waals surface area contributed by atoms with Crippen LogP contribution in [0, 0.1) is 0 Å². The molecule has 1 aromatic heterocycles. The van der Waals surface area contributed by atoms with Gasteiger partial charge < -0.3 is 14.6 Å². The van der Waals surface area contributed by atoms with Crippen LogP contribution in [0.3, 0.4) is 0 Å². The minimum Gasteiger partial charge on any atom is -0.480 e. The Balaban J connectivity index is 2.20. The van der Waals surface area contributed by atoms with Crippen LogP contribution in [0.2, 0.25) is 0 Å². The number of aryl methyl sites for hydroxylation is 1. The van der Waals surface area contributed by atoms with E-state index in [-0.39, 0.29) is 6.54 Å². The number of hydrogen-bond acceptors (Lipinski definition) is 3. The van der Waals surface area contributed by atoms with Crippen LogP contribution in [0.25, 0.3) is 0 Å². The van der Waals surface area contributed by atoms with Crippen molar-refractivity contribution in [2.75, 3.05) is 11.4 Å². The molecule has 5 nitrogen and oxygen atoms in total. The third-order valence-electron chi connectivity index (χ3n) is 3.12. The molecule has 16 heavy (non-hydrogen) atoms. The second-order valence-corrected chi connectivity index (χ2v) is 4.30. The van der Waals surface area contributed by atoms with Crippen molar-refractivity contribution in [2.24, 2.45) is 7.05 Å². The summed E-state index contributed by atoms with van der Waals surface area (Å²) in [7, 11) is 1.89. The average molecular weight is 223 g/mol. The fourth-order valence-electron chi connectivity index (χ4n) is 2.36. The van der Waals surface area contributed by atoms with Crippen LogP contribution in [0.5, 0.6) is 0 Å². The van der Waals surface area contributed by atoms with Gasteiger partial charge in [0.1, 0.15) is 6.54 Å². The maximum atomic E-state index is 10.9. The molecule has 0 spiro atoms. The van der Waals surface area contributed by atoms with Crippen molar-refractivity contribution >= 4 is 11.9 Å². The van der Waals surface area contributed by atoms with Crippen molar-refractivity contribution in [2.45, 2.75) is 31.7 Å². The zero-order valence-electron chi connectivity index (χ0n) is 9.46. The van der Waals surface area contributed by atoms with Crippen LogP contribution in [0.15, 0.2) is 12.4 Å². The number of aromatic nitrogens is 2. The van der Waals surface area contributed by atoms with E-state index in [0.717, 1.165) is 18.8 Å². The largest absolute Gasteiger partial charge is 0.480 e. The molecular formula is C11H17N3O2. The van der Waals surface area contributed by atoms with Crippen molar-refractivity contribution in [3.63, 3.8) is 0 Å². The Morgan fingerprint density at radius 1 is 1.62 bits per heavy atom. The maximum Gasteiger partial charge on any atom is 0.323 e. The van der Waals surface area contributed by atoms with Crippen molar-refractivity contribution in [1.29, 1.82) is 0 Å². The molecule has 1 saturated carbocycles. The summed E-state index contributed by atoms with van der Waals surface area (Å²) < 4.78 is 1.88. The number of carboxylic acid groups (broad SMARTS) is 1. The number of nitrogens with zero attached hydrogens (tertiary/aromatic N) is 3. The number of rotatable bonds is 4. The second kappa shape index (κ2) is 4.55. The second-order valence-electron chi connectivity index (χ2n) is 4.30. The van der Waals surface area contributed by atoms with Gasteiger partial charge in [0.05, 0.1) is 0 Å². The van der Waals surface area contributed by atoms with Gasteiger partial charge in [-0.1, -0.05) is 12.8 Å². The molecule has 0 aliphatic heterocycles. The molecule has 1 N–H and O–H groups in total. The summed E-state index contributed by atoms with van der Waals surface area (Å²) >= 11 is 0. The van der Waals surface area contributed by atoms with E-state index in [0.29, 0.717) is 6.04 Å². The lowest BCUT2D eigenvalue weighted by atomic mass is 10.2. The first-order chi connectivity index (χ1) is 7.68. The van der Waals surface area contributed by atoms with E-state index in [4.69, 9.17) is 5.11 Å². The fourth-order valence-corrected chi connectivity index (χ4v) is 2.36. The van der Waals surface area contributed by atoms with Gasteiger partial charge in [0.25, 0.3) is 0 Å². The Kier molecular flexibility index (Phi) is 3.12. The van der Waals surface area contributed by atoms with Gasteiger partial charge in [-0.05, 0) is 12.8 Å². The minimum atomic E-state index is -0.796. The lowest BCUT2D eigenvalue weighted by Crippen LogP contribution is -2.39. The van der Waals surface area contributed by atoms with Crippen LogP contribution >= 0.6 is 0 Å². The van der Waals surface area contributed by atoms with Gasteiger partial charge >= 0.3 is 5.97 Å². The molecule has 0 aromatic carbocycles. The molecule has 2 rings (SSSR count). The molecular weight excluding hydrogens is 206 g/mol. The quantitative estimate of drug-likeness (QED) is 0.834. The third-order valence-corrected chi connectivity index (χ3v) is 3.12. The molecule has 5 heteroatoms. The third kappa shape index (κ3) is 2.18. The van der Waals surface area contributed by atoms with Gasteiger partial charge in [0.2, 0.25) is 5.95 Å². The van der Waals surface area contributed by atoms with Gasteiger partial charge in [0.15, 0.2) is 0 Å². The first kappa shape index (κ1) is 11.0. The summed E-state index contributed by atoms with van der Waals surface area (Å²) in [5, 5.41) is 8.96. The van der Waals surface area contributed by atoms with Gasteiger partial charge in [0, 0.05) is 25.5 Å². The Hall–Kier alpha value is -1.52. The van der Waals surface area contributed by atoms with Gasteiger partial charge in [-0.3, -0.25) is 4.79 Å². The number of imidazole rings is 1. The van der Waals surface area contributed by atoms with E-state index < -0.39 is 5.97 Å². The number of carboxylic acids is 1. The van der Waals surface area contributed by atoms with E-state index in [9.17, 15) is 4.79 Å². The number of hydrogen-bond donors (Lipinski definition) is 1. The SMILES string of the molecule is Cn1ccnc1N(CC(=O)O)C1CCCC1. The number of aliphatic carboxylic acids is 1. The van der Waals surface area contributed by atoms with E-state index >= 15 is 0 Å². The van der Waals surface area contributed by atoms with Gasteiger partial charge in [-0.15, -0.1) is 0 Å². The molecule has 88 valence electrons. The van der Waals surface area contributed by atoms with Crippen LogP contribution in [-0.4, -0.2) is 33.2 Å². The van der Waals surface area contributed by atoms with E-state index in [1.807, 2.05) is 22.7 Å². The molecule has 0 saturated heterocycles. The van der Waals surface area contributed by atoms with Crippen molar-refractivity contribution < 1.29 is 9.90 Å². The summed E-state index contributed by atoms with van der Waals surface area (Å²) in [5.41, 5.74) is 0. The zero-order chi connectivity index (χ0) is 11.5. The van der Waals surface area contributed by atoms with Crippen molar-refractivity contribution in [1.82, 2.24) is 9.55 Å². The normalized spacial score (nSPS) is 16.6. The topological polar surface area (TPSA) is 58.4 Å². The molecule has 0 bridgehead atoms. The molecule has 1 heterocycles. The van der Waals surface area contributed by atoms with Crippen molar-refractivity contribution in [3.05, 3.63) is 12.4 Å². The molecule has 0 unspecified atom stereocenters. The maximum absolute atomic E-state index is 10.9. The van der Waals surface area contributed by atoms with Crippen LogP contribution in [0.1, 0.15) is 25.7 Å². The number of anilines is 1. The summed E-state index contributed by atoms with van der Waals surface area (Å²) in [6, 6.07) is 0.331. The predicted molar refractivity (Wildman–Crippen MR) is 60.4 cm³/mol. The average Bonchev–Trinajstić information content (AvgIpc) is 2.84. The highest BCUT2D eigenvalue weighted by Crippen LogP contribution is 2.26. The summed E-state index contributed by atoms with van der Waals surface area (Å²) in [6.07, 6.45) is 8.06. The van der Waals surface area contributed by atoms with Crippen molar-refractivity contribution in [3.8, 4) is 0 Å². The molecule has 1 fully saturated rings. The highest BCUT2D eigenvalue weighted by atomic mass is 16.4. The lowest BCUT2D eigenvalue weighted by molar-refractivity contribution is -0.135. The Morgan fingerprint density at radius 2 is 2.31 bits per heavy atom. The highest BCUT2D eigenvalue weighted by Gasteiger charge is 2.26. The van der Waals surface area contributed by atoms with E-state index in [1.54, 1.807) is 6.20 Å². The standard InChI is InChI=1S/C11H17N3O2/c1-13-7-6-12-11(13)14(8-10(15)16)9-4-2-3-5-9/h6-7,9H,2-5,8H2,1H3,(H,15,16). The highest BCUT2D eigenvalue weighted by molar-refractivity contribution is 5.73. The Morgan fingerprint density at radius 3 is 2.81 bits per heavy atom. The summed E-state index contributed by atoms with van der Waals surface area (Å²) in [5.74, 6) is -0.0378. The zero-order valence-corrected chi connectivity index (χ0v) is 9.46. The van der Waals surface area contributed by atoms with Gasteiger partial charge in [-0.2, -0.15) is 0 Å².